The second kappa shape index (κ2) is 5.41. The number of rotatable bonds is 5. The lowest BCUT2D eigenvalue weighted by molar-refractivity contribution is -0.130. The lowest BCUT2D eigenvalue weighted by Gasteiger charge is -2.47. The number of methoxy groups -OCH3 is 1. The van der Waals surface area contributed by atoms with Gasteiger partial charge >= 0.3 is 0 Å². The molecule has 1 aliphatic heterocycles. The minimum absolute atomic E-state index is 0.0513. The molecule has 1 amide bonds. The van der Waals surface area contributed by atoms with Crippen LogP contribution in [-0.4, -0.2) is 48.2 Å². The third-order valence-electron chi connectivity index (χ3n) is 4.17. The summed E-state index contributed by atoms with van der Waals surface area (Å²) in [6, 6.07) is 0.142. The summed E-state index contributed by atoms with van der Waals surface area (Å²) in [6.45, 7) is 1.57. The zero-order valence-corrected chi connectivity index (χ0v) is 11.5. The van der Waals surface area contributed by atoms with Gasteiger partial charge in [-0.05, 0) is 6.42 Å². The van der Waals surface area contributed by atoms with Crippen molar-refractivity contribution in [1.29, 1.82) is 0 Å². The Morgan fingerprint density at radius 2 is 2.55 bits per heavy atom. The number of anilines is 1. The fourth-order valence-electron chi connectivity index (χ4n) is 3.28. The van der Waals surface area contributed by atoms with Gasteiger partial charge in [-0.25, -0.2) is 0 Å². The van der Waals surface area contributed by atoms with Crippen molar-refractivity contribution < 1.29 is 14.3 Å². The highest BCUT2D eigenvalue weighted by Crippen LogP contribution is 2.43. The van der Waals surface area contributed by atoms with Crippen LogP contribution in [0.1, 0.15) is 6.42 Å². The van der Waals surface area contributed by atoms with E-state index in [4.69, 9.17) is 15.2 Å². The first-order valence-corrected chi connectivity index (χ1v) is 6.87. The molecule has 3 N–H and O–H groups in total. The molecule has 4 atom stereocenters. The highest BCUT2D eigenvalue weighted by Gasteiger charge is 2.54. The number of nitrogens with one attached hydrogen (secondary N) is 1. The number of carbonyl (C=O) groups is 1. The number of hydrogen-bond donors (Lipinski definition) is 2. The number of ether oxygens (including phenoxy) is 2. The Balaban J connectivity index is 1.57. The van der Waals surface area contributed by atoms with Gasteiger partial charge in [0.1, 0.15) is 6.54 Å². The van der Waals surface area contributed by atoms with Gasteiger partial charge in [0.2, 0.25) is 5.91 Å². The topological polar surface area (TPSA) is 91.4 Å². The lowest BCUT2D eigenvalue weighted by Crippen LogP contribution is -2.63. The number of nitrogens with two attached hydrogens (primary N) is 1. The van der Waals surface area contributed by atoms with Crippen molar-refractivity contribution in [1.82, 2.24) is 15.1 Å². The second-order valence-corrected chi connectivity index (χ2v) is 5.47. The summed E-state index contributed by atoms with van der Waals surface area (Å²) in [6.07, 6.45) is 4.42. The van der Waals surface area contributed by atoms with Gasteiger partial charge in [0.25, 0.3) is 0 Å². The van der Waals surface area contributed by atoms with Crippen molar-refractivity contribution in [3.8, 4) is 0 Å². The van der Waals surface area contributed by atoms with Crippen LogP contribution < -0.4 is 11.1 Å². The largest absolute Gasteiger partial charge is 0.396 e. The normalized spacial score (nSPS) is 31.6. The van der Waals surface area contributed by atoms with Gasteiger partial charge in [0.15, 0.2) is 0 Å². The minimum Gasteiger partial charge on any atom is -0.396 e. The number of nitrogens with zero attached hydrogens (tertiary/aromatic N) is 2. The average molecular weight is 280 g/mol. The Bertz CT molecular complexity index is 490. The van der Waals surface area contributed by atoms with E-state index in [-0.39, 0.29) is 30.5 Å². The Kier molecular flexibility index (Phi) is 3.62. The van der Waals surface area contributed by atoms with Gasteiger partial charge in [-0.2, -0.15) is 5.10 Å². The maximum atomic E-state index is 12.1. The molecule has 0 radical (unpaired) electrons. The maximum absolute atomic E-state index is 12.1. The minimum atomic E-state index is -0.0513. The van der Waals surface area contributed by atoms with Crippen LogP contribution in [0, 0.1) is 11.8 Å². The van der Waals surface area contributed by atoms with Crippen molar-refractivity contribution in [3.63, 3.8) is 0 Å². The fourth-order valence-corrected chi connectivity index (χ4v) is 3.28. The summed E-state index contributed by atoms with van der Waals surface area (Å²) in [5.74, 6) is 0.616. The van der Waals surface area contributed by atoms with E-state index < -0.39 is 0 Å². The van der Waals surface area contributed by atoms with Gasteiger partial charge in [0, 0.05) is 37.8 Å². The van der Waals surface area contributed by atoms with Crippen LogP contribution in [0.5, 0.6) is 0 Å². The summed E-state index contributed by atoms with van der Waals surface area (Å²) in [5.41, 5.74) is 6.13. The molecule has 20 heavy (non-hydrogen) atoms. The lowest BCUT2D eigenvalue weighted by atomic mass is 9.67. The van der Waals surface area contributed by atoms with Gasteiger partial charge in [0.05, 0.1) is 24.6 Å². The molecule has 7 nitrogen and oxygen atoms in total. The number of hydrogen-bond acceptors (Lipinski definition) is 5. The van der Waals surface area contributed by atoms with E-state index in [1.165, 1.54) is 10.9 Å². The molecule has 1 aliphatic carbocycles. The smallest absolute Gasteiger partial charge is 0.241 e. The zero-order chi connectivity index (χ0) is 14.1. The number of fused-ring (bicyclic) bond motifs is 1. The summed E-state index contributed by atoms with van der Waals surface area (Å²) in [4.78, 5) is 12.1. The van der Waals surface area contributed by atoms with Crippen molar-refractivity contribution in [2.45, 2.75) is 25.1 Å². The highest BCUT2D eigenvalue weighted by atomic mass is 16.5. The molecule has 2 aliphatic rings. The van der Waals surface area contributed by atoms with Crippen LogP contribution in [-0.2, 0) is 20.8 Å². The number of amides is 1. The van der Waals surface area contributed by atoms with E-state index in [1.807, 2.05) is 0 Å². The van der Waals surface area contributed by atoms with Crippen LogP contribution in [0.2, 0.25) is 0 Å². The molecular formula is C13H20N4O3. The molecule has 0 bridgehead atoms. The Morgan fingerprint density at radius 3 is 3.25 bits per heavy atom. The van der Waals surface area contributed by atoms with Crippen LogP contribution >= 0.6 is 0 Å². The molecular weight excluding hydrogens is 260 g/mol. The van der Waals surface area contributed by atoms with Gasteiger partial charge in [-0.3, -0.25) is 9.48 Å². The third-order valence-corrected chi connectivity index (χ3v) is 4.17. The maximum Gasteiger partial charge on any atom is 0.241 e. The van der Waals surface area contributed by atoms with E-state index in [9.17, 15) is 4.79 Å². The molecule has 1 saturated heterocycles. The predicted octanol–water partition coefficient (Wildman–Crippen LogP) is -0.369. The SMILES string of the molecule is COC[C@H]1[C@H](NC(=O)Cn2cc(N)cn2)[C@H]2CCO[C@H]21. The highest BCUT2D eigenvalue weighted by molar-refractivity contribution is 5.76. The molecule has 110 valence electrons. The first-order valence-electron chi connectivity index (χ1n) is 6.87. The fraction of sp³-hybridized carbons (Fsp3) is 0.692. The number of carbonyl (C=O) groups excluding carboxylic acids is 1. The predicted molar refractivity (Wildman–Crippen MR) is 71.8 cm³/mol. The number of nitrogen functional groups attached to an aromatic ring is 1. The van der Waals surface area contributed by atoms with Crippen LogP contribution in [0.4, 0.5) is 5.69 Å². The Morgan fingerprint density at radius 1 is 1.70 bits per heavy atom. The van der Waals surface area contributed by atoms with Crippen molar-refractivity contribution in [2.24, 2.45) is 11.8 Å². The zero-order valence-electron chi connectivity index (χ0n) is 11.5. The van der Waals surface area contributed by atoms with E-state index in [0.29, 0.717) is 18.2 Å². The van der Waals surface area contributed by atoms with E-state index >= 15 is 0 Å². The first kappa shape index (κ1) is 13.4. The van der Waals surface area contributed by atoms with E-state index in [2.05, 4.69) is 10.4 Å². The third kappa shape index (κ3) is 2.38. The van der Waals surface area contributed by atoms with E-state index in [0.717, 1.165) is 13.0 Å². The molecule has 0 aromatic carbocycles. The quantitative estimate of drug-likeness (QED) is 0.768. The van der Waals surface area contributed by atoms with Crippen LogP contribution in [0.3, 0.4) is 0 Å². The van der Waals surface area contributed by atoms with Crippen molar-refractivity contribution >= 4 is 11.6 Å². The second-order valence-electron chi connectivity index (χ2n) is 5.47. The molecule has 3 rings (SSSR count). The Hall–Kier alpha value is -1.60. The molecule has 0 unspecified atom stereocenters. The van der Waals surface area contributed by atoms with Gasteiger partial charge in [-0.1, -0.05) is 0 Å². The van der Waals surface area contributed by atoms with Gasteiger partial charge < -0.3 is 20.5 Å². The molecule has 1 saturated carbocycles. The molecule has 2 heterocycles. The van der Waals surface area contributed by atoms with Gasteiger partial charge in [-0.15, -0.1) is 0 Å². The molecule has 1 aromatic heterocycles. The molecule has 0 spiro atoms. The molecule has 7 heteroatoms. The van der Waals surface area contributed by atoms with Crippen LogP contribution in [0.25, 0.3) is 0 Å². The van der Waals surface area contributed by atoms with Crippen molar-refractivity contribution in [2.75, 3.05) is 26.1 Å². The standard InChI is InChI=1S/C13H20N4O3/c1-19-7-10-12(9-2-3-20-13(9)10)16-11(18)6-17-5-8(14)4-15-17/h4-5,9-10,12-13H,2-3,6-7,14H2,1H3,(H,16,18)/t9-,10+,12-,13-/m1/s1. The monoisotopic (exact) mass is 280 g/mol. The first-order chi connectivity index (χ1) is 9.69. The number of aromatic nitrogens is 2. The van der Waals surface area contributed by atoms with Crippen LogP contribution in [0.15, 0.2) is 12.4 Å². The molecule has 1 aromatic rings. The summed E-state index contributed by atoms with van der Waals surface area (Å²) >= 11 is 0. The molecule has 2 fully saturated rings. The van der Waals surface area contributed by atoms with E-state index in [1.54, 1.807) is 13.3 Å². The average Bonchev–Trinajstić information content (AvgIpc) is 3.00. The van der Waals surface area contributed by atoms with Crippen molar-refractivity contribution in [3.05, 3.63) is 12.4 Å². The summed E-state index contributed by atoms with van der Waals surface area (Å²) in [7, 11) is 1.67. The summed E-state index contributed by atoms with van der Waals surface area (Å²) in [5, 5.41) is 7.09. The summed E-state index contributed by atoms with van der Waals surface area (Å²) < 4.78 is 12.4. The Labute approximate surface area is 117 Å².